The lowest BCUT2D eigenvalue weighted by atomic mass is 9.83. The predicted molar refractivity (Wildman–Crippen MR) is 81.5 cm³/mol. The first-order valence-corrected chi connectivity index (χ1v) is 7.06. The first-order chi connectivity index (χ1) is 8.75. The third-order valence-electron chi connectivity index (χ3n) is 3.96. The minimum Gasteiger partial charge on any atom is -0.302 e. The summed E-state index contributed by atoms with van der Waals surface area (Å²) in [4.78, 5) is 14.9. The summed E-state index contributed by atoms with van der Waals surface area (Å²) in [6.45, 7) is 11.5. The summed E-state index contributed by atoms with van der Waals surface area (Å²) in [7, 11) is 2.10. The van der Waals surface area contributed by atoms with Crippen molar-refractivity contribution in [3.63, 3.8) is 0 Å². The molecule has 0 aliphatic carbocycles. The molecule has 19 heavy (non-hydrogen) atoms. The van der Waals surface area contributed by atoms with E-state index in [9.17, 15) is 4.79 Å². The maximum absolute atomic E-state index is 12.6. The van der Waals surface area contributed by atoms with Gasteiger partial charge in [-0.3, -0.25) is 4.79 Å². The summed E-state index contributed by atoms with van der Waals surface area (Å²) < 4.78 is 0. The molecule has 1 rings (SSSR count). The van der Waals surface area contributed by atoms with Gasteiger partial charge in [0.1, 0.15) is 0 Å². The lowest BCUT2D eigenvalue weighted by Gasteiger charge is -2.34. The van der Waals surface area contributed by atoms with E-state index in [0.29, 0.717) is 12.0 Å². The average Bonchev–Trinajstić information content (AvgIpc) is 2.37. The molecule has 1 aromatic carbocycles. The fourth-order valence-corrected chi connectivity index (χ4v) is 2.33. The first kappa shape index (κ1) is 15.9. The summed E-state index contributed by atoms with van der Waals surface area (Å²) in [5, 5.41) is 0. The van der Waals surface area contributed by atoms with E-state index in [-0.39, 0.29) is 11.2 Å². The van der Waals surface area contributed by atoms with E-state index in [1.807, 2.05) is 44.2 Å². The molecule has 0 radical (unpaired) electrons. The van der Waals surface area contributed by atoms with E-state index in [1.165, 1.54) is 0 Å². The molecule has 0 aliphatic heterocycles. The van der Waals surface area contributed by atoms with E-state index in [0.717, 1.165) is 12.1 Å². The maximum Gasteiger partial charge on any atom is 0.169 e. The second kappa shape index (κ2) is 6.33. The number of hydrogen-bond donors (Lipinski definition) is 0. The highest BCUT2D eigenvalue weighted by molar-refractivity contribution is 6.00. The highest BCUT2D eigenvalue weighted by atomic mass is 16.1. The molecule has 1 atom stereocenters. The number of Topliss-reactive ketones (excluding diaryl/α,β-unsaturated/α-hetero) is 1. The van der Waals surface area contributed by atoms with Crippen molar-refractivity contribution in [3.8, 4) is 0 Å². The van der Waals surface area contributed by atoms with Crippen molar-refractivity contribution in [2.45, 2.75) is 40.7 Å². The van der Waals surface area contributed by atoms with Crippen molar-refractivity contribution in [1.82, 2.24) is 4.90 Å². The zero-order valence-corrected chi connectivity index (χ0v) is 13.1. The number of carbonyl (C=O) groups excluding carboxylic acids is 1. The molecule has 0 bridgehead atoms. The quantitative estimate of drug-likeness (QED) is 0.724. The van der Waals surface area contributed by atoms with Crippen LogP contribution in [0.25, 0.3) is 0 Å². The number of ketones is 1. The highest BCUT2D eigenvalue weighted by Crippen LogP contribution is 2.24. The van der Waals surface area contributed by atoms with E-state index in [4.69, 9.17) is 0 Å². The van der Waals surface area contributed by atoms with Gasteiger partial charge in [-0.1, -0.05) is 58.0 Å². The molecule has 0 saturated carbocycles. The molecule has 1 aromatic rings. The second-order valence-corrected chi connectivity index (χ2v) is 6.48. The minimum absolute atomic E-state index is 0.218. The summed E-state index contributed by atoms with van der Waals surface area (Å²) in [5.41, 5.74) is 0.442. The monoisotopic (exact) mass is 261 g/mol. The van der Waals surface area contributed by atoms with Crippen LogP contribution in [0, 0.1) is 11.3 Å². The molecular formula is C17H27NO. The van der Waals surface area contributed by atoms with E-state index in [2.05, 4.69) is 32.7 Å². The molecule has 2 nitrogen and oxygen atoms in total. The van der Waals surface area contributed by atoms with Crippen LogP contribution in [0.1, 0.15) is 45.0 Å². The zero-order valence-electron chi connectivity index (χ0n) is 13.1. The van der Waals surface area contributed by atoms with Crippen LogP contribution in [0.5, 0.6) is 0 Å². The van der Waals surface area contributed by atoms with Gasteiger partial charge in [0.05, 0.1) is 0 Å². The molecular weight excluding hydrogens is 234 g/mol. The molecule has 2 heteroatoms. The van der Waals surface area contributed by atoms with Crippen molar-refractivity contribution in [3.05, 3.63) is 35.9 Å². The molecule has 0 amide bonds. The number of nitrogens with zero attached hydrogens (tertiary/aromatic N) is 1. The van der Waals surface area contributed by atoms with Crippen LogP contribution in [0.4, 0.5) is 0 Å². The van der Waals surface area contributed by atoms with Gasteiger partial charge in [-0.05, 0) is 19.9 Å². The Morgan fingerprint density at radius 1 is 1.16 bits per heavy atom. The molecule has 0 N–H and O–H groups in total. The third-order valence-corrected chi connectivity index (χ3v) is 3.96. The molecule has 106 valence electrons. The molecule has 0 saturated heterocycles. The Kier molecular flexibility index (Phi) is 5.30. The Hall–Kier alpha value is -1.15. The lowest BCUT2D eigenvalue weighted by Crippen LogP contribution is -2.43. The van der Waals surface area contributed by atoms with Crippen LogP contribution in [-0.4, -0.2) is 30.3 Å². The number of carbonyl (C=O) groups is 1. The van der Waals surface area contributed by atoms with Crippen molar-refractivity contribution in [2.24, 2.45) is 11.3 Å². The van der Waals surface area contributed by atoms with Gasteiger partial charge in [-0.15, -0.1) is 0 Å². The minimum atomic E-state index is -0.362. The fourth-order valence-electron chi connectivity index (χ4n) is 2.33. The SMILES string of the molecule is CC(C)C(C)N(C)CC(C)(C)C(=O)c1ccccc1. The van der Waals surface area contributed by atoms with Crippen LogP contribution in [0.15, 0.2) is 30.3 Å². The molecule has 0 heterocycles. The van der Waals surface area contributed by atoms with Crippen LogP contribution < -0.4 is 0 Å². The molecule has 0 fully saturated rings. The Bertz CT molecular complexity index is 409. The number of hydrogen-bond acceptors (Lipinski definition) is 2. The van der Waals surface area contributed by atoms with Crippen LogP contribution in [0.3, 0.4) is 0 Å². The van der Waals surface area contributed by atoms with Gasteiger partial charge in [0, 0.05) is 23.6 Å². The van der Waals surface area contributed by atoms with E-state index < -0.39 is 0 Å². The fraction of sp³-hybridized carbons (Fsp3) is 0.588. The maximum atomic E-state index is 12.6. The topological polar surface area (TPSA) is 20.3 Å². The molecule has 1 unspecified atom stereocenters. The predicted octanol–water partition coefficient (Wildman–Crippen LogP) is 3.87. The van der Waals surface area contributed by atoms with Crippen molar-refractivity contribution in [1.29, 1.82) is 0 Å². The van der Waals surface area contributed by atoms with Gasteiger partial charge < -0.3 is 4.90 Å². The lowest BCUT2D eigenvalue weighted by molar-refractivity contribution is 0.0732. The van der Waals surface area contributed by atoms with Crippen molar-refractivity contribution >= 4 is 5.78 Å². The van der Waals surface area contributed by atoms with Crippen molar-refractivity contribution in [2.75, 3.05) is 13.6 Å². The van der Waals surface area contributed by atoms with E-state index in [1.54, 1.807) is 0 Å². The van der Waals surface area contributed by atoms with Gasteiger partial charge in [-0.25, -0.2) is 0 Å². The average molecular weight is 261 g/mol. The highest BCUT2D eigenvalue weighted by Gasteiger charge is 2.31. The Morgan fingerprint density at radius 2 is 1.68 bits per heavy atom. The smallest absolute Gasteiger partial charge is 0.169 e. The summed E-state index contributed by atoms with van der Waals surface area (Å²) in [6, 6.07) is 10.1. The van der Waals surface area contributed by atoms with Crippen LogP contribution in [-0.2, 0) is 0 Å². The van der Waals surface area contributed by atoms with Gasteiger partial charge >= 0.3 is 0 Å². The Morgan fingerprint density at radius 3 is 2.16 bits per heavy atom. The van der Waals surface area contributed by atoms with Crippen LogP contribution in [0.2, 0.25) is 0 Å². The standard InChI is InChI=1S/C17H27NO/c1-13(2)14(3)18(6)12-17(4,5)16(19)15-10-8-7-9-11-15/h7-11,13-14H,12H2,1-6H3. The van der Waals surface area contributed by atoms with Gasteiger partial charge in [0.2, 0.25) is 0 Å². The molecule has 0 spiro atoms. The number of benzene rings is 1. The Balaban J connectivity index is 2.78. The van der Waals surface area contributed by atoms with Gasteiger partial charge in [0.25, 0.3) is 0 Å². The molecule has 0 aromatic heterocycles. The molecule has 0 aliphatic rings. The second-order valence-electron chi connectivity index (χ2n) is 6.48. The number of rotatable bonds is 6. The summed E-state index contributed by atoms with van der Waals surface area (Å²) in [6.07, 6.45) is 0. The largest absolute Gasteiger partial charge is 0.302 e. The Labute approximate surface area is 117 Å². The zero-order chi connectivity index (χ0) is 14.6. The van der Waals surface area contributed by atoms with E-state index >= 15 is 0 Å². The van der Waals surface area contributed by atoms with Crippen molar-refractivity contribution < 1.29 is 4.79 Å². The van der Waals surface area contributed by atoms with Gasteiger partial charge in [0.15, 0.2) is 5.78 Å². The first-order valence-electron chi connectivity index (χ1n) is 7.06. The van der Waals surface area contributed by atoms with Crippen LogP contribution >= 0.6 is 0 Å². The summed E-state index contributed by atoms with van der Waals surface area (Å²) in [5.74, 6) is 0.809. The van der Waals surface area contributed by atoms with Gasteiger partial charge in [-0.2, -0.15) is 0 Å². The normalized spacial score (nSPS) is 13.9. The third kappa shape index (κ3) is 4.17. The summed E-state index contributed by atoms with van der Waals surface area (Å²) >= 11 is 0.